The smallest absolute Gasteiger partial charge is 0.379 e. The lowest BCUT2D eigenvalue weighted by Crippen LogP contribution is -2.54. The molecule has 0 aromatic heterocycles. The van der Waals surface area contributed by atoms with Crippen LogP contribution in [0.1, 0.15) is 63.5 Å². The van der Waals surface area contributed by atoms with E-state index < -0.39 is 61.5 Å². The van der Waals surface area contributed by atoms with Crippen molar-refractivity contribution in [2.75, 3.05) is 23.7 Å². The van der Waals surface area contributed by atoms with Gasteiger partial charge in [0.15, 0.2) is 0 Å². The molecule has 0 atom stereocenters. The average molecular weight is 565 g/mol. The summed E-state index contributed by atoms with van der Waals surface area (Å²) >= 11 is 0. The molecule has 0 saturated carbocycles. The minimum absolute atomic E-state index is 0.0898. The Morgan fingerprint density at radius 2 is 1.03 bits per heavy atom. The van der Waals surface area contributed by atoms with Gasteiger partial charge in [0.2, 0.25) is 5.41 Å². The molecule has 2 rings (SSSR count). The van der Waals surface area contributed by atoms with Crippen LogP contribution in [0, 0.1) is 20.2 Å². The first-order valence-electron chi connectivity index (χ1n) is 12.4. The van der Waals surface area contributed by atoms with Gasteiger partial charge in [-0.15, -0.1) is 0 Å². The number of unbranched alkanes of at least 4 members (excludes halogenated alkanes) is 4. The van der Waals surface area contributed by atoms with Crippen molar-refractivity contribution in [2.24, 2.45) is 0 Å². The van der Waals surface area contributed by atoms with Gasteiger partial charge in [-0.2, -0.15) is 26.3 Å². The molecule has 0 aliphatic heterocycles. The van der Waals surface area contributed by atoms with E-state index >= 15 is 0 Å². The van der Waals surface area contributed by atoms with E-state index in [9.17, 15) is 46.6 Å². The van der Waals surface area contributed by atoms with Crippen molar-refractivity contribution in [3.63, 3.8) is 0 Å². The highest BCUT2D eigenvalue weighted by Crippen LogP contribution is 2.57. The van der Waals surface area contributed by atoms with Crippen molar-refractivity contribution >= 4 is 22.7 Å². The maximum Gasteiger partial charge on any atom is 0.411 e. The fourth-order valence-electron chi connectivity index (χ4n) is 4.32. The van der Waals surface area contributed by atoms with Crippen LogP contribution in [-0.4, -0.2) is 35.3 Å². The number of nitro groups is 2. The predicted octanol–water partition coefficient (Wildman–Crippen LogP) is 8.12. The number of benzene rings is 2. The number of hydrogen-bond donors (Lipinski definition) is 2. The molecule has 8 nitrogen and oxygen atoms in total. The Hall–Kier alpha value is -3.58. The van der Waals surface area contributed by atoms with E-state index in [1.54, 1.807) is 0 Å². The summed E-state index contributed by atoms with van der Waals surface area (Å²) in [5.74, 6) is 0. The highest BCUT2D eigenvalue weighted by molar-refractivity contribution is 5.68. The van der Waals surface area contributed by atoms with E-state index in [-0.39, 0.29) is 13.1 Å². The number of hydrogen-bond acceptors (Lipinski definition) is 6. The first-order valence-corrected chi connectivity index (χ1v) is 12.4. The first-order chi connectivity index (χ1) is 18.2. The van der Waals surface area contributed by atoms with Gasteiger partial charge < -0.3 is 10.6 Å². The van der Waals surface area contributed by atoms with E-state index in [0.717, 1.165) is 12.8 Å². The Balaban J connectivity index is 2.82. The van der Waals surface area contributed by atoms with Crippen LogP contribution in [-0.2, 0) is 5.41 Å². The SMILES string of the molecule is CCCCCNc1cc(C(c2ccc([N+](=O)[O-])c(NCCCCC)c2)(C(F)(F)F)C(F)(F)F)ccc1[N+](=O)[O-]. The molecule has 0 saturated heterocycles. The van der Waals surface area contributed by atoms with Crippen LogP contribution in [0.5, 0.6) is 0 Å². The molecule has 0 unspecified atom stereocenters. The van der Waals surface area contributed by atoms with Crippen LogP contribution in [0.25, 0.3) is 0 Å². The number of rotatable bonds is 14. The molecule has 2 N–H and O–H groups in total. The molecular weight excluding hydrogens is 534 g/mol. The van der Waals surface area contributed by atoms with E-state index in [0.29, 0.717) is 62.1 Å². The van der Waals surface area contributed by atoms with Gasteiger partial charge in [-0.05, 0) is 36.1 Å². The highest BCUT2D eigenvalue weighted by Gasteiger charge is 2.72. The van der Waals surface area contributed by atoms with E-state index in [4.69, 9.17) is 0 Å². The summed E-state index contributed by atoms with van der Waals surface area (Å²) in [7, 11) is 0. The van der Waals surface area contributed by atoms with Crippen LogP contribution in [0.4, 0.5) is 49.1 Å². The van der Waals surface area contributed by atoms with E-state index in [1.165, 1.54) is 0 Å². The maximum atomic E-state index is 14.7. The van der Waals surface area contributed by atoms with Gasteiger partial charge in [-0.3, -0.25) is 20.2 Å². The molecule has 0 spiro atoms. The maximum absolute atomic E-state index is 14.7. The largest absolute Gasteiger partial charge is 0.411 e. The Morgan fingerprint density at radius 3 is 1.31 bits per heavy atom. The van der Waals surface area contributed by atoms with Crippen molar-refractivity contribution in [1.82, 2.24) is 0 Å². The molecule has 0 fully saturated rings. The second-order valence-corrected chi connectivity index (χ2v) is 8.99. The molecule has 39 heavy (non-hydrogen) atoms. The highest BCUT2D eigenvalue weighted by atomic mass is 19.4. The van der Waals surface area contributed by atoms with Crippen LogP contribution in [0.15, 0.2) is 36.4 Å². The molecule has 0 radical (unpaired) electrons. The molecule has 0 heterocycles. The first kappa shape index (κ1) is 31.6. The van der Waals surface area contributed by atoms with Crippen molar-refractivity contribution in [3.8, 4) is 0 Å². The quantitative estimate of drug-likeness (QED) is 0.104. The number of anilines is 2. The summed E-state index contributed by atoms with van der Waals surface area (Å²) in [4.78, 5) is 21.1. The summed E-state index contributed by atoms with van der Waals surface area (Å²) in [6.07, 6.45) is -8.08. The standard InChI is InChI=1S/C25H30F6N4O4/c1-3-5-7-13-32-19-15-17(9-11-21(19)34(36)37)23(24(26,27)28,25(29,30)31)18-10-12-22(35(38)39)20(16-18)33-14-8-6-4-2/h9-12,15-16,32-33H,3-8,13-14H2,1-2H3. The molecular formula is C25H30F6N4O4. The minimum atomic E-state index is -5.98. The summed E-state index contributed by atoms with van der Waals surface area (Å²) in [6, 6.07) is 3.01. The molecule has 216 valence electrons. The molecule has 2 aromatic rings. The third-order valence-corrected chi connectivity index (χ3v) is 6.29. The van der Waals surface area contributed by atoms with Gasteiger partial charge in [0.25, 0.3) is 11.4 Å². The van der Waals surface area contributed by atoms with Crippen LogP contribution in [0.3, 0.4) is 0 Å². The Bertz CT molecular complexity index is 1060. The Morgan fingerprint density at radius 1 is 0.667 bits per heavy atom. The molecule has 0 amide bonds. The Kier molecular flexibility index (Phi) is 10.5. The normalized spacial score (nSPS) is 12.3. The van der Waals surface area contributed by atoms with Crippen LogP contribution in [0.2, 0.25) is 0 Å². The molecule has 14 heteroatoms. The predicted molar refractivity (Wildman–Crippen MR) is 135 cm³/mol. The minimum Gasteiger partial charge on any atom is -0.379 e. The van der Waals surface area contributed by atoms with Gasteiger partial charge in [-0.1, -0.05) is 51.7 Å². The molecule has 0 bridgehead atoms. The fourth-order valence-corrected chi connectivity index (χ4v) is 4.32. The second kappa shape index (κ2) is 13.0. The van der Waals surface area contributed by atoms with Crippen LogP contribution >= 0.6 is 0 Å². The zero-order chi connectivity index (χ0) is 29.4. The van der Waals surface area contributed by atoms with Crippen molar-refractivity contribution in [2.45, 2.75) is 70.1 Å². The van der Waals surface area contributed by atoms with Gasteiger partial charge in [-0.25, -0.2) is 0 Å². The van der Waals surface area contributed by atoms with Crippen LogP contribution < -0.4 is 10.6 Å². The number of nitrogens with one attached hydrogen (secondary N) is 2. The topological polar surface area (TPSA) is 110 Å². The van der Waals surface area contributed by atoms with Gasteiger partial charge in [0.05, 0.1) is 9.85 Å². The summed E-state index contributed by atoms with van der Waals surface area (Å²) in [6.45, 7) is 3.93. The average Bonchev–Trinajstić information content (AvgIpc) is 2.83. The van der Waals surface area contributed by atoms with Crippen molar-refractivity contribution in [1.29, 1.82) is 0 Å². The van der Waals surface area contributed by atoms with Gasteiger partial charge in [0.1, 0.15) is 11.4 Å². The van der Waals surface area contributed by atoms with Gasteiger partial charge in [0, 0.05) is 25.2 Å². The zero-order valence-electron chi connectivity index (χ0n) is 21.4. The van der Waals surface area contributed by atoms with Gasteiger partial charge >= 0.3 is 12.4 Å². The lowest BCUT2D eigenvalue weighted by atomic mass is 9.72. The molecule has 0 aliphatic carbocycles. The zero-order valence-corrected chi connectivity index (χ0v) is 21.4. The number of alkyl halides is 6. The Labute approximate surface area is 221 Å². The number of halogens is 6. The van der Waals surface area contributed by atoms with E-state index in [2.05, 4.69) is 10.6 Å². The third kappa shape index (κ3) is 6.90. The summed E-state index contributed by atoms with van der Waals surface area (Å²) in [5.41, 5.74) is -9.61. The fraction of sp³-hybridized carbons (Fsp3) is 0.520. The number of nitro benzene ring substituents is 2. The second-order valence-electron chi connectivity index (χ2n) is 8.99. The van der Waals surface area contributed by atoms with Crippen molar-refractivity contribution < 1.29 is 36.2 Å². The lowest BCUT2D eigenvalue weighted by molar-refractivity contribution is -0.384. The van der Waals surface area contributed by atoms with E-state index in [1.807, 2.05) is 13.8 Å². The lowest BCUT2D eigenvalue weighted by Gasteiger charge is -2.38. The molecule has 2 aromatic carbocycles. The number of nitrogens with zero attached hydrogens (tertiary/aromatic N) is 2. The third-order valence-electron chi connectivity index (χ3n) is 6.29. The monoisotopic (exact) mass is 564 g/mol. The molecule has 0 aliphatic rings. The summed E-state index contributed by atoms with van der Waals surface area (Å²) in [5, 5.41) is 28.1. The van der Waals surface area contributed by atoms with Crippen molar-refractivity contribution in [3.05, 3.63) is 67.8 Å². The summed E-state index contributed by atoms with van der Waals surface area (Å²) < 4.78 is 88.2.